The monoisotopic (exact) mass is 247 g/mol. The average Bonchev–Trinajstić information content (AvgIpc) is 3.16. The second-order valence-electron chi connectivity index (χ2n) is 5.66. The lowest BCUT2D eigenvalue weighted by Gasteiger charge is -2.09. The maximum atomic E-state index is 11.8. The normalized spacial score (nSPS) is 27.7. The molecule has 2 aliphatic rings. The second-order valence-corrected chi connectivity index (χ2v) is 5.66. The molecule has 0 unspecified atom stereocenters. The van der Waals surface area contributed by atoms with Gasteiger partial charge in [-0.1, -0.05) is 6.92 Å². The fourth-order valence-corrected chi connectivity index (χ4v) is 2.70. The minimum Gasteiger partial charge on any atom is -0.356 e. The Balaban J connectivity index is 1.38. The molecule has 1 aromatic heterocycles. The van der Waals surface area contributed by atoms with E-state index in [2.05, 4.69) is 21.8 Å². The van der Waals surface area contributed by atoms with E-state index in [1.54, 1.807) is 0 Å². The highest BCUT2D eigenvalue weighted by molar-refractivity contribution is 5.89. The van der Waals surface area contributed by atoms with E-state index in [-0.39, 0.29) is 5.41 Å². The third kappa shape index (κ3) is 2.04. The van der Waals surface area contributed by atoms with Crippen molar-refractivity contribution in [1.82, 2.24) is 14.9 Å². The number of rotatable bonds is 7. The number of nitrogens with zero attached hydrogens (tertiary/aromatic N) is 2. The Labute approximate surface area is 108 Å². The number of aryl methyl sites for hydroxylation is 2. The third-order valence-electron chi connectivity index (χ3n) is 4.27. The van der Waals surface area contributed by atoms with Crippen LogP contribution in [0.2, 0.25) is 0 Å². The van der Waals surface area contributed by atoms with Gasteiger partial charge in [-0.2, -0.15) is 0 Å². The lowest BCUT2D eigenvalue weighted by molar-refractivity contribution is -0.124. The summed E-state index contributed by atoms with van der Waals surface area (Å²) in [5.74, 6) is 2.20. The van der Waals surface area contributed by atoms with E-state index >= 15 is 0 Å². The summed E-state index contributed by atoms with van der Waals surface area (Å²) in [6.45, 7) is 3.91. The molecule has 18 heavy (non-hydrogen) atoms. The Hall–Kier alpha value is -1.32. The largest absolute Gasteiger partial charge is 0.356 e. The number of imidazole rings is 1. The van der Waals surface area contributed by atoms with Crippen LogP contribution >= 0.6 is 0 Å². The number of carbonyl (C=O) groups is 1. The molecule has 1 amide bonds. The molecule has 0 bridgehead atoms. The number of carbonyl (C=O) groups excluding carboxylic acids is 1. The van der Waals surface area contributed by atoms with Crippen molar-refractivity contribution in [2.24, 2.45) is 11.3 Å². The molecule has 1 N–H and O–H groups in total. The first-order valence-electron chi connectivity index (χ1n) is 7.04. The van der Waals surface area contributed by atoms with E-state index in [4.69, 9.17) is 0 Å². The van der Waals surface area contributed by atoms with Gasteiger partial charge in [-0.25, -0.2) is 4.98 Å². The van der Waals surface area contributed by atoms with Gasteiger partial charge in [0.15, 0.2) is 0 Å². The number of hydrogen-bond acceptors (Lipinski definition) is 2. The fourth-order valence-electron chi connectivity index (χ4n) is 2.70. The van der Waals surface area contributed by atoms with Crippen molar-refractivity contribution in [3.8, 4) is 0 Å². The van der Waals surface area contributed by atoms with Crippen molar-refractivity contribution in [2.75, 3.05) is 6.54 Å². The Morgan fingerprint density at radius 2 is 2.39 bits per heavy atom. The van der Waals surface area contributed by atoms with Crippen LogP contribution in [0.25, 0.3) is 0 Å². The molecule has 2 saturated carbocycles. The summed E-state index contributed by atoms with van der Waals surface area (Å²) in [7, 11) is 0. The van der Waals surface area contributed by atoms with E-state index in [1.807, 2.05) is 12.4 Å². The minimum absolute atomic E-state index is 0.113. The van der Waals surface area contributed by atoms with Gasteiger partial charge in [-0.3, -0.25) is 4.79 Å². The molecule has 4 heteroatoms. The predicted molar refractivity (Wildman–Crippen MR) is 69.0 cm³/mol. The molecule has 3 rings (SSSR count). The molecule has 1 aromatic rings. The predicted octanol–water partition coefficient (Wildman–Crippen LogP) is 1.75. The van der Waals surface area contributed by atoms with Crippen LogP contribution in [0.15, 0.2) is 12.4 Å². The van der Waals surface area contributed by atoms with Crippen molar-refractivity contribution in [3.63, 3.8) is 0 Å². The zero-order valence-electron chi connectivity index (χ0n) is 11.0. The SMILES string of the molecule is CCCc1nccn1CCCNC(=O)C12CC1C2. The van der Waals surface area contributed by atoms with Crippen LogP contribution < -0.4 is 5.32 Å². The molecular formula is C14H21N3O. The van der Waals surface area contributed by atoms with Gasteiger partial charge < -0.3 is 9.88 Å². The summed E-state index contributed by atoms with van der Waals surface area (Å²) in [5, 5.41) is 3.07. The summed E-state index contributed by atoms with van der Waals surface area (Å²) in [6.07, 6.45) is 9.31. The molecule has 1 heterocycles. The summed E-state index contributed by atoms with van der Waals surface area (Å²) in [6, 6.07) is 0. The van der Waals surface area contributed by atoms with Gasteiger partial charge in [0.2, 0.25) is 5.91 Å². The topological polar surface area (TPSA) is 46.9 Å². The van der Waals surface area contributed by atoms with Crippen LogP contribution in [-0.4, -0.2) is 22.0 Å². The van der Waals surface area contributed by atoms with E-state index < -0.39 is 0 Å². The van der Waals surface area contributed by atoms with E-state index in [9.17, 15) is 4.79 Å². The maximum absolute atomic E-state index is 11.8. The lowest BCUT2D eigenvalue weighted by atomic mass is 10.2. The van der Waals surface area contributed by atoms with Gasteiger partial charge >= 0.3 is 0 Å². The van der Waals surface area contributed by atoms with E-state index in [1.165, 1.54) is 0 Å². The van der Waals surface area contributed by atoms with Crippen molar-refractivity contribution in [2.45, 2.75) is 45.6 Å². The van der Waals surface area contributed by atoms with Crippen LogP contribution in [0, 0.1) is 11.3 Å². The van der Waals surface area contributed by atoms with Crippen LogP contribution in [0.1, 0.15) is 38.4 Å². The smallest absolute Gasteiger partial charge is 0.226 e. The van der Waals surface area contributed by atoms with Crippen LogP contribution in [-0.2, 0) is 17.8 Å². The molecular weight excluding hydrogens is 226 g/mol. The van der Waals surface area contributed by atoms with Crippen molar-refractivity contribution in [3.05, 3.63) is 18.2 Å². The number of hydrogen-bond donors (Lipinski definition) is 1. The van der Waals surface area contributed by atoms with Crippen LogP contribution in [0.3, 0.4) is 0 Å². The Morgan fingerprint density at radius 1 is 1.61 bits per heavy atom. The summed E-state index contributed by atoms with van der Waals surface area (Å²) in [4.78, 5) is 16.1. The highest BCUT2D eigenvalue weighted by atomic mass is 16.2. The molecule has 2 aliphatic carbocycles. The van der Waals surface area contributed by atoms with E-state index in [0.717, 1.165) is 56.9 Å². The molecule has 4 nitrogen and oxygen atoms in total. The van der Waals surface area contributed by atoms with E-state index in [0.29, 0.717) is 5.91 Å². The summed E-state index contributed by atoms with van der Waals surface area (Å²) < 4.78 is 2.20. The van der Waals surface area contributed by atoms with Crippen LogP contribution in [0.4, 0.5) is 0 Å². The summed E-state index contributed by atoms with van der Waals surface area (Å²) >= 11 is 0. The van der Waals surface area contributed by atoms with Crippen LogP contribution in [0.5, 0.6) is 0 Å². The molecule has 0 spiro atoms. The first-order chi connectivity index (χ1) is 8.76. The van der Waals surface area contributed by atoms with Gasteiger partial charge in [-0.05, 0) is 31.6 Å². The molecule has 0 aromatic carbocycles. The first kappa shape index (κ1) is 11.8. The Morgan fingerprint density at radius 3 is 3.06 bits per heavy atom. The standard InChI is InChI=1S/C14H21N3O/c1-2-4-12-15-6-8-17(12)7-3-5-16-13(18)14-9-11(14)10-14/h6,8,11H,2-5,7,9-10H2,1H3,(H,16,18). The van der Waals surface area contributed by atoms with Gasteiger partial charge in [0, 0.05) is 31.9 Å². The average molecular weight is 247 g/mol. The van der Waals surface area contributed by atoms with Gasteiger partial charge in [0.05, 0.1) is 5.41 Å². The molecule has 0 saturated heterocycles. The number of aromatic nitrogens is 2. The Bertz CT molecular complexity index is 446. The zero-order valence-corrected chi connectivity index (χ0v) is 11.0. The second kappa shape index (κ2) is 4.41. The highest BCUT2D eigenvalue weighted by Crippen LogP contribution is 2.75. The lowest BCUT2D eigenvalue weighted by Crippen LogP contribution is -2.29. The molecule has 98 valence electrons. The quantitative estimate of drug-likeness (QED) is 0.746. The van der Waals surface area contributed by atoms with Gasteiger partial charge in [0.1, 0.15) is 5.82 Å². The number of nitrogens with one attached hydrogen (secondary N) is 1. The van der Waals surface area contributed by atoms with Gasteiger partial charge in [0.25, 0.3) is 0 Å². The molecule has 2 fully saturated rings. The first-order valence-corrected chi connectivity index (χ1v) is 7.04. The van der Waals surface area contributed by atoms with Crippen molar-refractivity contribution in [1.29, 1.82) is 0 Å². The molecule has 0 aliphatic heterocycles. The fraction of sp³-hybridized carbons (Fsp3) is 0.714. The molecule has 0 atom stereocenters. The molecule has 0 radical (unpaired) electrons. The Kier molecular flexibility index (Phi) is 2.88. The maximum Gasteiger partial charge on any atom is 0.226 e. The van der Waals surface area contributed by atoms with Gasteiger partial charge in [-0.15, -0.1) is 0 Å². The number of fused-ring (bicyclic) bond motifs is 1. The minimum atomic E-state index is 0.113. The zero-order chi connectivity index (χ0) is 12.6. The van der Waals surface area contributed by atoms with Crippen molar-refractivity contribution >= 4 is 5.91 Å². The summed E-state index contributed by atoms with van der Waals surface area (Å²) in [5.41, 5.74) is 0.113. The highest BCUT2D eigenvalue weighted by Gasteiger charge is 2.74. The number of amides is 1. The van der Waals surface area contributed by atoms with Crippen molar-refractivity contribution < 1.29 is 4.79 Å². The third-order valence-corrected chi connectivity index (χ3v) is 4.27.